The molecule has 1 aromatic carbocycles. The van der Waals surface area contributed by atoms with Crippen LogP contribution in [0.15, 0.2) is 18.2 Å². The van der Waals surface area contributed by atoms with E-state index in [1.165, 1.54) is 5.56 Å². The van der Waals surface area contributed by atoms with Crippen molar-refractivity contribution in [2.24, 2.45) is 0 Å². The molecule has 0 saturated carbocycles. The SMILES string of the molecule is CCCOc1ccc([C@@H](O)CC)cc1C(C)C. The van der Waals surface area contributed by atoms with Crippen LogP contribution in [0.1, 0.15) is 63.7 Å². The molecule has 1 N–H and O–H groups in total. The van der Waals surface area contributed by atoms with Gasteiger partial charge >= 0.3 is 0 Å². The van der Waals surface area contributed by atoms with Gasteiger partial charge in [-0.2, -0.15) is 0 Å². The van der Waals surface area contributed by atoms with Crippen LogP contribution >= 0.6 is 0 Å². The molecule has 2 heteroatoms. The Morgan fingerprint density at radius 2 is 1.94 bits per heavy atom. The lowest BCUT2D eigenvalue weighted by Gasteiger charge is -2.17. The van der Waals surface area contributed by atoms with E-state index in [-0.39, 0.29) is 6.10 Å². The van der Waals surface area contributed by atoms with Gasteiger partial charge in [0.05, 0.1) is 12.7 Å². The summed E-state index contributed by atoms with van der Waals surface area (Å²) >= 11 is 0. The molecule has 0 spiro atoms. The van der Waals surface area contributed by atoms with Crippen molar-refractivity contribution in [2.45, 2.75) is 52.6 Å². The van der Waals surface area contributed by atoms with Crippen LogP contribution in [0, 0.1) is 0 Å². The molecule has 96 valence electrons. The lowest BCUT2D eigenvalue weighted by molar-refractivity contribution is 0.173. The van der Waals surface area contributed by atoms with Gasteiger partial charge in [0, 0.05) is 0 Å². The van der Waals surface area contributed by atoms with Crippen molar-refractivity contribution in [1.82, 2.24) is 0 Å². The van der Waals surface area contributed by atoms with Crippen LogP contribution in [0.4, 0.5) is 0 Å². The first-order valence-corrected chi connectivity index (χ1v) is 6.54. The zero-order valence-corrected chi connectivity index (χ0v) is 11.4. The van der Waals surface area contributed by atoms with E-state index in [0.717, 1.165) is 30.8 Å². The maximum absolute atomic E-state index is 9.86. The van der Waals surface area contributed by atoms with Crippen molar-refractivity contribution in [3.05, 3.63) is 29.3 Å². The lowest BCUT2D eigenvalue weighted by atomic mass is 9.97. The normalized spacial score (nSPS) is 12.8. The minimum Gasteiger partial charge on any atom is -0.493 e. The summed E-state index contributed by atoms with van der Waals surface area (Å²) < 4.78 is 5.73. The van der Waals surface area contributed by atoms with Crippen molar-refractivity contribution < 1.29 is 9.84 Å². The van der Waals surface area contributed by atoms with Crippen LogP contribution in [0.5, 0.6) is 5.75 Å². The van der Waals surface area contributed by atoms with Crippen LogP contribution in [0.2, 0.25) is 0 Å². The molecule has 2 nitrogen and oxygen atoms in total. The summed E-state index contributed by atoms with van der Waals surface area (Å²) in [6.07, 6.45) is 1.39. The molecule has 0 fully saturated rings. The van der Waals surface area contributed by atoms with Crippen LogP contribution in [0.25, 0.3) is 0 Å². The molecule has 0 amide bonds. The number of hydrogen-bond donors (Lipinski definition) is 1. The molecular formula is C15H24O2. The Labute approximate surface area is 105 Å². The summed E-state index contributed by atoms with van der Waals surface area (Å²) in [6.45, 7) is 9.13. The maximum atomic E-state index is 9.86. The van der Waals surface area contributed by atoms with Crippen LogP contribution in [0.3, 0.4) is 0 Å². The summed E-state index contributed by atoms with van der Waals surface area (Å²) in [7, 11) is 0. The van der Waals surface area contributed by atoms with E-state index in [4.69, 9.17) is 4.74 Å². The average Bonchev–Trinajstić information content (AvgIpc) is 2.35. The maximum Gasteiger partial charge on any atom is 0.122 e. The van der Waals surface area contributed by atoms with Crippen LogP contribution in [-0.2, 0) is 0 Å². The van der Waals surface area contributed by atoms with E-state index >= 15 is 0 Å². The van der Waals surface area contributed by atoms with Gasteiger partial charge in [-0.25, -0.2) is 0 Å². The first kappa shape index (κ1) is 14.0. The number of benzene rings is 1. The third-order valence-corrected chi connectivity index (χ3v) is 2.89. The van der Waals surface area contributed by atoms with E-state index in [0.29, 0.717) is 5.92 Å². The molecule has 0 aromatic heterocycles. The van der Waals surface area contributed by atoms with Crippen molar-refractivity contribution in [2.75, 3.05) is 6.61 Å². The van der Waals surface area contributed by atoms with Gasteiger partial charge in [0.15, 0.2) is 0 Å². The fourth-order valence-corrected chi connectivity index (χ4v) is 1.80. The number of ether oxygens (including phenoxy) is 1. The second-order valence-electron chi connectivity index (χ2n) is 4.72. The lowest BCUT2D eigenvalue weighted by Crippen LogP contribution is -2.03. The van der Waals surface area contributed by atoms with Crippen molar-refractivity contribution in [3.8, 4) is 5.75 Å². The Hall–Kier alpha value is -1.02. The van der Waals surface area contributed by atoms with Crippen molar-refractivity contribution in [1.29, 1.82) is 0 Å². The van der Waals surface area contributed by atoms with Crippen LogP contribution < -0.4 is 4.74 Å². The number of rotatable bonds is 6. The molecule has 1 aromatic rings. The molecule has 0 aliphatic rings. The Morgan fingerprint density at radius 3 is 2.47 bits per heavy atom. The second kappa shape index (κ2) is 6.65. The van der Waals surface area contributed by atoms with Gasteiger partial charge in [0.25, 0.3) is 0 Å². The highest BCUT2D eigenvalue weighted by Gasteiger charge is 2.12. The third-order valence-electron chi connectivity index (χ3n) is 2.89. The fourth-order valence-electron chi connectivity index (χ4n) is 1.80. The first-order chi connectivity index (χ1) is 8.10. The summed E-state index contributed by atoms with van der Waals surface area (Å²) in [6, 6.07) is 6.02. The Bertz CT molecular complexity index is 345. The highest BCUT2D eigenvalue weighted by atomic mass is 16.5. The molecule has 1 rings (SSSR count). The van der Waals surface area contributed by atoms with Crippen molar-refractivity contribution >= 4 is 0 Å². The Balaban J connectivity index is 2.99. The molecule has 0 unspecified atom stereocenters. The van der Waals surface area contributed by atoms with E-state index < -0.39 is 0 Å². The summed E-state index contributed by atoms with van der Waals surface area (Å²) in [5, 5.41) is 9.86. The van der Waals surface area contributed by atoms with E-state index in [9.17, 15) is 5.11 Å². The largest absolute Gasteiger partial charge is 0.493 e. The minimum absolute atomic E-state index is 0.368. The summed E-state index contributed by atoms with van der Waals surface area (Å²) in [5.41, 5.74) is 2.17. The molecular weight excluding hydrogens is 212 g/mol. The van der Waals surface area contributed by atoms with Gasteiger partial charge in [-0.1, -0.05) is 33.8 Å². The molecule has 0 bridgehead atoms. The predicted molar refractivity (Wildman–Crippen MR) is 71.6 cm³/mol. The smallest absolute Gasteiger partial charge is 0.122 e. The number of aliphatic hydroxyl groups is 1. The molecule has 0 heterocycles. The molecule has 17 heavy (non-hydrogen) atoms. The zero-order valence-electron chi connectivity index (χ0n) is 11.4. The topological polar surface area (TPSA) is 29.5 Å². The van der Waals surface area contributed by atoms with Crippen molar-refractivity contribution in [3.63, 3.8) is 0 Å². The van der Waals surface area contributed by atoms with E-state index in [2.05, 4.69) is 26.8 Å². The zero-order chi connectivity index (χ0) is 12.8. The van der Waals surface area contributed by atoms with Gasteiger partial charge < -0.3 is 9.84 Å². The number of aliphatic hydroxyl groups excluding tert-OH is 1. The predicted octanol–water partition coefficient (Wildman–Crippen LogP) is 4.04. The minimum atomic E-state index is -0.368. The molecule has 0 aliphatic carbocycles. The summed E-state index contributed by atoms with van der Waals surface area (Å²) in [4.78, 5) is 0. The summed E-state index contributed by atoms with van der Waals surface area (Å²) in [5.74, 6) is 1.36. The van der Waals surface area contributed by atoms with Gasteiger partial charge in [-0.05, 0) is 42.0 Å². The highest BCUT2D eigenvalue weighted by molar-refractivity contribution is 5.40. The van der Waals surface area contributed by atoms with E-state index in [1.807, 2.05) is 19.1 Å². The Morgan fingerprint density at radius 1 is 1.24 bits per heavy atom. The first-order valence-electron chi connectivity index (χ1n) is 6.54. The fraction of sp³-hybridized carbons (Fsp3) is 0.600. The molecule has 0 radical (unpaired) electrons. The van der Waals surface area contributed by atoms with E-state index in [1.54, 1.807) is 0 Å². The molecule has 1 atom stereocenters. The highest BCUT2D eigenvalue weighted by Crippen LogP contribution is 2.30. The third kappa shape index (κ3) is 3.74. The quantitative estimate of drug-likeness (QED) is 0.807. The number of hydrogen-bond acceptors (Lipinski definition) is 2. The van der Waals surface area contributed by atoms with Gasteiger partial charge in [0.1, 0.15) is 5.75 Å². The molecule has 0 aliphatic heterocycles. The monoisotopic (exact) mass is 236 g/mol. The average molecular weight is 236 g/mol. The Kier molecular flexibility index (Phi) is 5.49. The van der Waals surface area contributed by atoms with Gasteiger partial charge in [-0.15, -0.1) is 0 Å². The second-order valence-corrected chi connectivity index (χ2v) is 4.72. The van der Waals surface area contributed by atoms with Gasteiger partial charge in [0.2, 0.25) is 0 Å². The van der Waals surface area contributed by atoms with Crippen LogP contribution in [-0.4, -0.2) is 11.7 Å². The standard InChI is InChI=1S/C15H24O2/c1-5-9-17-15-8-7-12(14(16)6-2)10-13(15)11(3)4/h7-8,10-11,14,16H,5-6,9H2,1-4H3/t14-/m0/s1. The molecule has 0 saturated heterocycles. The van der Waals surface area contributed by atoms with Gasteiger partial charge in [-0.3, -0.25) is 0 Å².